The molecule has 1 aromatic heterocycles. The summed E-state index contributed by atoms with van der Waals surface area (Å²) in [7, 11) is 1.36. The molecule has 0 aliphatic heterocycles. The molecule has 0 fully saturated rings. The number of ether oxygens (including phenoxy) is 1. The molecular weight excluding hydrogens is 290 g/mol. The zero-order valence-corrected chi connectivity index (χ0v) is 12.6. The van der Waals surface area contributed by atoms with Crippen molar-refractivity contribution in [3.8, 4) is 11.3 Å². The molecule has 1 heterocycles. The van der Waals surface area contributed by atoms with E-state index in [1.165, 1.54) is 13.4 Å². The van der Waals surface area contributed by atoms with Crippen LogP contribution in [0.1, 0.15) is 10.4 Å². The zero-order chi connectivity index (χ0) is 16.1. The van der Waals surface area contributed by atoms with E-state index in [0.717, 1.165) is 16.9 Å². The molecule has 0 atom stereocenters. The van der Waals surface area contributed by atoms with Crippen LogP contribution in [-0.2, 0) is 4.74 Å². The Balaban J connectivity index is 1.79. The van der Waals surface area contributed by atoms with Crippen LogP contribution in [0.5, 0.6) is 0 Å². The normalized spacial score (nSPS) is 10.1. The van der Waals surface area contributed by atoms with Gasteiger partial charge in [0, 0.05) is 17.3 Å². The fraction of sp³-hybridized carbons (Fsp3) is 0.0556. The summed E-state index contributed by atoms with van der Waals surface area (Å²) in [4.78, 5) is 19.9. The molecule has 0 unspecified atom stereocenters. The first kappa shape index (κ1) is 14.7. The molecule has 3 rings (SSSR count). The molecule has 0 saturated heterocycles. The van der Waals surface area contributed by atoms with Crippen LogP contribution >= 0.6 is 0 Å². The van der Waals surface area contributed by atoms with Crippen molar-refractivity contribution >= 4 is 17.5 Å². The van der Waals surface area contributed by atoms with Gasteiger partial charge in [0.1, 0.15) is 12.1 Å². The summed E-state index contributed by atoms with van der Waals surface area (Å²) in [5.41, 5.74) is 3.20. The van der Waals surface area contributed by atoms with Crippen LogP contribution in [0.2, 0.25) is 0 Å². The Morgan fingerprint density at radius 2 is 1.74 bits per heavy atom. The summed E-state index contributed by atoms with van der Waals surface area (Å²) in [5, 5.41) is 3.19. The highest BCUT2D eigenvalue weighted by molar-refractivity contribution is 5.89. The van der Waals surface area contributed by atoms with Crippen molar-refractivity contribution in [3.05, 3.63) is 72.6 Å². The number of esters is 1. The number of carbonyl (C=O) groups is 1. The molecule has 2 aromatic carbocycles. The Morgan fingerprint density at radius 3 is 2.43 bits per heavy atom. The van der Waals surface area contributed by atoms with E-state index in [9.17, 15) is 4.79 Å². The number of hydrogen-bond acceptors (Lipinski definition) is 5. The number of nitrogens with one attached hydrogen (secondary N) is 1. The lowest BCUT2D eigenvalue weighted by molar-refractivity contribution is 0.0601. The van der Waals surface area contributed by atoms with E-state index >= 15 is 0 Å². The summed E-state index contributed by atoms with van der Waals surface area (Å²) in [5.74, 6) is 0.328. The lowest BCUT2D eigenvalue weighted by atomic mass is 10.1. The van der Waals surface area contributed by atoms with E-state index in [0.29, 0.717) is 11.4 Å². The summed E-state index contributed by atoms with van der Waals surface area (Å²) < 4.78 is 4.68. The van der Waals surface area contributed by atoms with Crippen molar-refractivity contribution in [1.82, 2.24) is 9.97 Å². The summed E-state index contributed by atoms with van der Waals surface area (Å²) >= 11 is 0. The van der Waals surface area contributed by atoms with Gasteiger partial charge < -0.3 is 10.1 Å². The monoisotopic (exact) mass is 305 g/mol. The van der Waals surface area contributed by atoms with Gasteiger partial charge in [-0.2, -0.15) is 0 Å². The molecule has 0 spiro atoms. The van der Waals surface area contributed by atoms with Gasteiger partial charge in [-0.3, -0.25) is 0 Å². The molecule has 5 heteroatoms. The second kappa shape index (κ2) is 6.70. The number of hydrogen-bond donors (Lipinski definition) is 1. The topological polar surface area (TPSA) is 64.1 Å². The maximum atomic E-state index is 11.4. The van der Waals surface area contributed by atoms with E-state index in [4.69, 9.17) is 0 Å². The fourth-order valence-corrected chi connectivity index (χ4v) is 2.15. The number of nitrogens with zero attached hydrogens (tertiary/aromatic N) is 2. The molecular formula is C18H15N3O2. The third-order valence-electron chi connectivity index (χ3n) is 3.32. The van der Waals surface area contributed by atoms with Gasteiger partial charge in [0.25, 0.3) is 0 Å². The summed E-state index contributed by atoms with van der Waals surface area (Å²) in [6, 6.07) is 18.8. The first-order chi connectivity index (χ1) is 11.3. The molecule has 114 valence electrons. The fourth-order valence-electron chi connectivity index (χ4n) is 2.15. The van der Waals surface area contributed by atoms with E-state index in [1.54, 1.807) is 24.3 Å². The molecule has 3 aromatic rings. The third kappa shape index (κ3) is 3.52. The second-order valence-corrected chi connectivity index (χ2v) is 4.85. The van der Waals surface area contributed by atoms with Gasteiger partial charge in [0.2, 0.25) is 0 Å². The van der Waals surface area contributed by atoms with Crippen molar-refractivity contribution in [1.29, 1.82) is 0 Å². The number of carbonyl (C=O) groups excluding carboxylic acids is 1. The van der Waals surface area contributed by atoms with Gasteiger partial charge in [-0.15, -0.1) is 0 Å². The minimum absolute atomic E-state index is 0.357. The van der Waals surface area contributed by atoms with E-state index in [-0.39, 0.29) is 5.97 Å². The highest BCUT2D eigenvalue weighted by atomic mass is 16.5. The standard InChI is InChI=1S/C18H15N3O2/c1-23-18(22)14-7-9-15(10-8-14)21-17-11-16(19-12-20-17)13-5-3-2-4-6-13/h2-12H,1H3,(H,19,20,21). The maximum absolute atomic E-state index is 11.4. The van der Waals surface area contributed by atoms with Crippen LogP contribution in [0.25, 0.3) is 11.3 Å². The summed E-state index contributed by atoms with van der Waals surface area (Å²) in [6.45, 7) is 0. The molecule has 1 N–H and O–H groups in total. The van der Waals surface area contributed by atoms with Crippen LogP contribution in [0, 0.1) is 0 Å². The Bertz CT molecular complexity index is 802. The first-order valence-corrected chi connectivity index (χ1v) is 7.09. The number of benzene rings is 2. The van der Waals surface area contributed by atoms with Gasteiger partial charge in [-0.05, 0) is 24.3 Å². The van der Waals surface area contributed by atoms with Crippen molar-refractivity contribution in [2.45, 2.75) is 0 Å². The summed E-state index contributed by atoms with van der Waals surface area (Å²) in [6.07, 6.45) is 1.52. The van der Waals surface area contributed by atoms with E-state index < -0.39 is 0 Å². The van der Waals surface area contributed by atoms with Gasteiger partial charge in [0.15, 0.2) is 0 Å². The van der Waals surface area contributed by atoms with Crippen molar-refractivity contribution in [2.24, 2.45) is 0 Å². The Kier molecular flexibility index (Phi) is 4.29. The van der Waals surface area contributed by atoms with Crippen molar-refractivity contribution in [3.63, 3.8) is 0 Å². The molecule has 23 heavy (non-hydrogen) atoms. The predicted octanol–water partition coefficient (Wildman–Crippen LogP) is 3.67. The van der Waals surface area contributed by atoms with E-state index in [2.05, 4.69) is 20.0 Å². The minimum Gasteiger partial charge on any atom is -0.465 e. The second-order valence-electron chi connectivity index (χ2n) is 4.85. The van der Waals surface area contributed by atoms with Gasteiger partial charge in [0.05, 0.1) is 18.4 Å². The average molecular weight is 305 g/mol. The Labute approximate surface area is 134 Å². The highest BCUT2D eigenvalue weighted by Crippen LogP contribution is 2.21. The van der Waals surface area contributed by atoms with Crippen LogP contribution in [-0.4, -0.2) is 23.0 Å². The van der Waals surface area contributed by atoms with Crippen LogP contribution < -0.4 is 5.32 Å². The Hall–Kier alpha value is -3.21. The van der Waals surface area contributed by atoms with Crippen molar-refractivity contribution in [2.75, 3.05) is 12.4 Å². The molecule has 0 aliphatic rings. The van der Waals surface area contributed by atoms with Gasteiger partial charge in [-0.1, -0.05) is 30.3 Å². The van der Waals surface area contributed by atoms with Crippen LogP contribution in [0.3, 0.4) is 0 Å². The average Bonchev–Trinajstić information content (AvgIpc) is 2.63. The third-order valence-corrected chi connectivity index (χ3v) is 3.32. The lowest BCUT2D eigenvalue weighted by Gasteiger charge is -2.07. The molecule has 0 amide bonds. The first-order valence-electron chi connectivity index (χ1n) is 7.09. The molecule has 5 nitrogen and oxygen atoms in total. The minimum atomic E-state index is -0.357. The van der Waals surface area contributed by atoms with Gasteiger partial charge >= 0.3 is 5.97 Å². The van der Waals surface area contributed by atoms with Crippen LogP contribution in [0.4, 0.5) is 11.5 Å². The molecule has 0 aliphatic carbocycles. The number of methoxy groups -OCH3 is 1. The maximum Gasteiger partial charge on any atom is 0.337 e. The Morgan fingerprint density at radius 1 is 1.00 bits per heavy atom. The van der Waals surface area contributed by atoms with Gasteiger partial charge in [-0.25, -0.2) is 14.8 Å². The quantitative estimate of drug-likeness (QED) is 0.745. The molecule has 0 bridgehead atoms. The highest BCUT2D eigenvalue weighted by Gasteiger charge is 2.05. The molecule has 0 radical (unpaired) electrons. The number of rotatable bonds is 4. The largest absolute Gasteiger partial charge is 0.465 e. The zero-order valence-electron chi connectivity index (χ0n) is 12.6. The van der Waals surface area contributed by atoms with E-state index in [1.807, 2.05) is 36.4 Å². The van der Waals surface area contributed by atoms with Crippen LogP contribution in [0.15, 0.2) is 67.0 Å². The number of aromatic nitrogens is 2. The SMILES string of the molecule is COC(=O)c1ccc(Nc2cc(-c3ccccc3)ncn2)cc1. The molecule has 0 saturated carbocycles. The van der Waals surface area contributed by atoms with Crippen molar-refractivity contribution < 1.29 is 9.53 Å². The lowest BCUT2D eigenvalue weighted by Crippen LogP contribution is -2.01. The smallest absolute Gasteiger partial charge is 0.337 e. The predicted molar refractivity (Wildman–Crippen MR) is 88.5 cm³/mol. The number of anilines is 2.